The normalized spacial score (nSPS) is 10.5. The third-order valence-electron chi connectivity index (χ3n) is 2.28. The van der Waals surface area contributed by atoms with Crippen LogP contribution in [0.5, 0.6) is 0 Å². The molecule has 17 heavy (non-hydrogen) atoms. The van der Waals surface area contributed by atoms with E-state index in [2.05, 4.69) is 10.1 Å². The molecule has 1 heterocycles. The van der Waals surface area contributed by atoms with Gasteiger partial charge in [-0.2, -0.15) is 4.98 Å². The van der Waals surface area contributed by atoms with Gasteiger partial charge >= 0.3 is 0 Å². The Morgan fingerprint density at radius 3 is 2.88 bits per heavy atom. The summed E-state index contributed by atoms with van der Waals surface area (Å²) < 4.78 is 18.0. The molecule has 0 saturated heterocycles. The summed E-state index contributed by atoms with van der Waals surface area (Å²) >= 11 is 0. The van der Waals surface area contributed by atoms with Crippen LogP contribution < -0.4 is 0 Å². The Bertz CT molecular complexity index is 563. The minimum absolute atomic E-state index is 0.0458. The van der Waals surface area contributed by atoms with Gasteiger partial charge in [-0.25, -0.2) is 4.39 Å². The largest absolute Gasteiger partial charge is 0.339 e. The van der Waals surface area contributed by atoms with E-state index in [1.54, 1.807) is 19.1 Å². The lowest BCUT2D eigenvalue weighted by molar-refractivity contribution is -0.116. The number of hydrogen-bond acceptors (Lipinski definition) is 4. The van der Waals surface area contributed by atoms with E-state index < -0.39 is 0 Å². The summed E-state index contributed by atoms with van der Waals surface area (Å²) in [6, 6.07) is 4.56. The zero-order chi connectivity index (χ0) is 12.4. The van der Waals surface area contributed by atoms with Crippen LogP contribution in [0.15, 0.2) is 22.7 Å². The zero-order valence-electron chi connectivity index (χ0n) is 9.53. The number of rotatable bonds is 3. The second kappa shape index (κ2) is 4.45. The summed E-state index contributed by atoms with van der Waals surface area (Å²) in [7, 11) is 0. The average molecular weight is 234 g/mol. The molecule has 2 aromatic rings. The summed E-state index contributed by atoms with van der Waals surface area (Å²) in [6.45, 7) is 3.11. The van der Waals surface area contributed by atoms with Crippen molar-refractivity contribution in [1.82, 2.24) is 10.1 Å². The van der Waals surface area contributed by atoms with Crippen LogP contribution in [0.4, 0.5) is 4.39 Å². The predicted octanol–water partition coefficient (Wildman–Crippen LogP) is 2.32. The van der Waals surface area contributed by atoms with Gasteiger partial charge in [-0.3, -0.25) is 4.79 Å². The van der Waals surface area contributed by atoms with Crippen molar-refractivity contribution in [2.45, 2.75) is 20.3 Å². The molecular formula is C12H11FN2O2. The Morgan fingerprint density at radius 1 is 1.47 bits per heavy atom. The number of ketones is 1. The van der Waals surface area contributed by atoms with Crippen molar-refractivity contribution in [2.75, 3.05) is 0 Å². The Hall–Kier alpha value is -2.04. The Balaban J connectivity index is 2.30. The molecule has 1 aromatic heterocycles. The van der Waals surface area contributed by atoms with Gasteiger partial charge < -0.3 is 4.52 Å². The molecule has 0 aliphatic carbocycles. The van der Waals surface area contributed by atoms with Gasteiger partial charge in [0.15, 0.2) is 0 Å². The Morgan fingerprint density at radius 2 is 2.24 bits per heavy atom. The van der Waals surface area contributed by atoms with Crippen LogP contribution in [0.1, 0.15) is 18.4 Å². The van der Waals surface area contributed by atoms with Gasteiger partial charge in [0, 0.05) is 5.56 Å². The highest BCUT2D eigenvalue weighted by Crippen LogP contribution is 2.19. The molecule has 1 aromatic carbocycles. The number of carbonyl (C=O) groups is 1. The standard InChI is InChI=1S/C12H11FN2O2/c1-7-5-9(3-4-10(7)13)12-14-11(17-15-12)6-8(2)16/h3-5H,6H2,1-2H3. The number of nitrogens with zero attached hydrogens (tertiary/aromatic N) is 2. The molecule has 0 aliphatic rings. The monoisotopic (exact) mass is 234 g/mol. The highest BCUT2D eigenvalue weighted by Gasteiger charge is 2.11. The smallest absolute Gasteiger partial charge is 0.234 e. The van der Waals surface area contributed by atoms with Crippen molar-refractivity contribution in [2.24, 2.45) is 0 Å². The second-order valence-corrected chi connectivity index (χ2v) is 3.85. The summed E-state index contributed by atoms with van der Waals surface area (Å²) in [5.41, 5.74) is 1.18. The van der Waals surface area contributed by atoms with Crippen molar-refractivity contribution in [3.63, 3.8) is 0 Å². The lowest BCUT2D eigenvalue weighted by Gasteiger charge is -1.97. The van der Waals surface area contributed by atoms with Crippen LogP contribution in [-0.4, -0.2) is 15.9 Å². The number of carbonyl (C=O) groups excluding carboxylic acids is 1. The van der Waals surface area contributed by atoms with E-state index in [0.717, 1.165) is 0 Å². The first kappa shape index (κ1) is 11.4. The minimum atomic E-state index is -0.277. The summed E-state index contributed by atoms with van der Waals surface area (Å²) in [5.74, 6) is 0.315. The molecule has 0 spiro atoms. The Labute approximate surface area is 97.5 Å². The summed E-state index contributed by atoms with van der Waals surface area (Å²) in [5, 5.41) is 3.75. The zero-order valence-corrected chi connectivity index (χ0v) is 9.53. The maximum absolute atomic E-state index is 13.1. The minimum Gasteiger partial charge on any atom is -0.339 e. The SMILES string of the molecule is CC(=O)Cc1nc(-c2ccc(F)c(C)c2)no1. The lowest BCUT2D eigenvalue weighted by Crippen LogP contribution is -1.96. The highest BCUT2D eigenvalue weighted by atomic mass is 19.1. The van der Waals surface area contributed by atoms with E-state index in [0.29, 0.717) is 17.0 Å². The van der Waals surface area contributed by atoms with Crippen LogP contribution in [-0.2, 0) is 11.2 Å². The molecular weight excluding hydrogens is 223 g/mol. The average Bonchev–Trinajstić information content (AvgIpc) is 2.69. The summed E-state index contributed by atoms with van der Waals surface area (Å²) in [6.07, 6.45) is 0.118. The maximum Gasteiger partial charge on any atom is 0.234 e. The quantitative estimate of drug-likeness (QED) is 0.817. The van der Waals surface area contributed by atoms with Crippen LogP contribution in [0.25, 0.3) is 11.4 Å². The number of aromatic nitrogens is 2. The van der Waals surface area contributed by atoms with Crippen molar-refractivity contribution in [3.05, 3.63) is 35.5 Å². The predicted molar refractivity (Wildman–Crippen MR) is 58.8 cm³/mol. The van der Waals surface area contributed by atoms with Crippen molar-refractivity contribution < 1.29 is 13.7 Å². The van der Waals surface area contributed by atoms with Gasteiger partial charge in [0.05, 0.1) is 6.42 Å². The van der Waals surface area contributed by atoms with Crippen LogP contribution >= 0.6 is 0 Å². The van der Waals surface area contributed by atoms with Crippen LogP contribution in [0, 0.1) is 12.7 Å². The molecule has 0 radical (unpaired) electrons. The number of halogens is 1. The number of aryl methyl sites for hydroxylation is 1. The molecule has 88 valence electrons. The molecule has 4 nitrogen and oxygen atoms in total. The van der Waals surface area contributed by atoms with Gasteiger partial charge in [0.1, 0.15) is 11.6 Å². The lowest BCUT2D eigenvalue weighted by atomic mass is 10.1. The van der Waals surface area contributed by atoms with Gasteiger partial charge in [-0.15, -0.1) is 0 Å². The fourth-order valence-corrected chi connectivity index (χ4v) is 1.44. The first-order chi connectivity index (χ1) is 8.06. The molecule has 5 heteroatoms. The van der Waals surface area contributed by atoms with Crippen molar-refractivity contribution in [1.29, 1.82) is 0 Å². The van der Waals surface area contributed by atoms with E-state index in [-0.39, 0.29) is 23.9 Å². The third kappa shape index (κ3) is 2.55. The van der Waals surface area contributed by atoms with Crippen LogP contribution in [0.3, 0.4) is 0 Å². The van der Waals surface area contributed by atoms with E-state index >= 15 is 0 Å². The van der Waals surface area contributed by atoms with Gasteiger partial charge in [0.2, 0.25) is 11.7 Å². The highest BCUT2D eigenvalue weighted by molar-refractivity contribution is 5.77. The first-order valence-electron chi connectivity index (χ1n) is 5.15. The molecule has 0 atom stereocenters. The van der Waals surface area contributed by atoms with Gasteiger partial charge in [0.25, 0.3) is 0 Å². The number of benzene rings is 1. The molecule has 0 aliphatic heterocycles. The van der Waals surface area contributed by atoms with E-state index in [9.17, 15) is 9.18 Å². The third-order valence-corrected chi connectivity index (χ3v) is 2.28. The molecule has 2 rings (SSSR count). The number of Topliss-reactive ketones (excluding diaryl/α,β-unsaturated/α-hetero) is 1. The molecule has 0 fully saturated rings. The summed E-state index contributed by atoms with van der Waals surface area (Å²) in [4.78, 5) is 15.0. The van der Waals surface area contributed by atoms with Crippen molar-refractivity contribution in [3.8, 4) is 11.4 Å². The van der Waals surface area contributed by atoms with E-state index in [1.165, 1.54) is 13.0 Å². The molecule has 0 amide bonds. The maximum atomic E-state index is 13.1. The second-order valence-electron chi connectivity index (χ2n) is 3.85. The molecule has 0 N–H and O–H groups in total. The van der Waals surface area contributed by atoms with Gasteiger partial charge in [-0.05, 0) is 37.6 Å². The van der Waals surface area contributed by atoms with E-state index in [4.69, 9.17) is 4.52 Å². The van der Waals surface area contributed by atoms with Crippen LogP contribution in [0.2, 0.25) is 0 Å². The Kier molecular flexibility index (Phi) is 2.99. The number of hydrogen-bond donors (Lipinski definition) is 0. The molecule has 0 unspecified atom stereocenters. The van der Waals surface area contributed by atoms with Crippen molar-refractivity contribution >= 4 is 5.78 Å². The first-order valence-corrected chi connectivity index (χ1v) is 5.15. The fraction of sp³-hybridized carbons (Fsp3) is 0.250. The fourth-order valence-electron chi connectivity index (χ4n) is 1.44. The van der Waals surface area contributed by atoms with Gasteiger partial charge in [-0.1, -0.05) is 5.16 Å². The molecule has 0 bridgehead atoms. The topological polar surface area (TPSA) is 56.0 Å². The van der Waals surface area contributed by atoms with E-state index in [1.807, 2.05) is 0 Å². The molecule has 0 saturated carbocycles.